The molecule has 0 aliphatic carbocycles. The molecule has 0 unspecified atom stereocenters. The van der Waals surface area contributed by atoms with Crippen LogP contribution in [0.3, 0.4) is 0 Å². The van der Waals surface area contributed by atoms with Crippen LogP contribution < -0.4 is 11.3 Å². The number of nitrogens with zero attached hydrogens (tertiary/aromatic N) is 1. The van der Waals surface area contributed by atoms with Crippen molar-refractivity contribution in [2.24, 2.45) is 5.84 Å². The predicted molar refractivity (Wildman–Crippen MR) is 40.7 cm³/mol. The van der Waals surface area contributed by atoms with Gasteiger partial charge in [0.05, 0.1) is 9.68 Å². The molecule has 0 atom stereocenters. The van der Waals surface area contributed by atoms with Gasteiger partial charge in [0.1, 0.15) is 0 Å². The van der Waals surface area contributed by atoms with E-state index in [1.54, 1.807) is 5.43 Å². The summed E-state index contributed by atoms with van der Waals surface area (Å²) in [4.78, 5) is 25.0. The van der Waals surface area contributed by atoms with Crippen LogP contribution in [0, 0.1) is 0 Å². The predicted octanol–water partition coefficient (Wildman–Crippen LogP) is -0.857. The first-order valence-electron chi connectivity index (χ1n) is 4.39. The van der Waals surface area contributed by atoms with Gasteiger partial charge in [-0.05, 0) is 6.04 Å². The number of carbonyl (C=O) groups is 1. The lowest BCUT2D eigenvalue weighted by Gasteiger charge is -1.99. The SMILES string of the molecule is [2H]c1nc([2H])c(C(=O)NN)c([C]=O)c1[2H]. The van der Waals surface area contributed by atoms with E-state index in [1.807, 2.05) is 0 Å². The number of hydrogen-bond acceptors (Lipinski definition) is 4. The van der Waals surface area contributed by atoms with Crippen molar-refractivity contribution < 1.29 is 13.7 Å². The van der Waals surface area contributed by atoms with Crippen molar-refractivity contribution in [1.82, 2.24) is 10.4 Å². The summed E-state index contributed by atoms with van der Waals surface area (Å²) in [5.41, 5.74) is 0.787. The Morgan fingerprint density at radius 2 is 2.58 bits per heavy atom. The average molecular weight is 167 g/mol. The first kappa shape index (κ1) is 5.00. The first-order valence-corrected chi connectivity index (χ1v) is 2.89. The highest BCUT2D eigenvalue weighted by atomic mass is 16.2. The van der Waals surface area contributed by atoms with E-state index < -0.39 is 35.4 Å². The number of hydrazine groups is 1. The normalized spacial score (nSPS) is 12.6. The Bertz CT molecular complexity index is 436. The fourth-order valence-corrected chi connectivity index (χ4v) is 0.599. The molecule has 1 aromatic heterocycles. The van der Waals surface area contributed by atoms with Gasteiger partial charge in [-0.25, -0.2) is 5.84 Å². The van der Waals surface area contributed by atoms with E-state index in [0.717, 1.165) is 0 Å². The van der Waals surface area contributed by atoms with Gasteiger partial charge in [-0.15, -0.1) is 0 Å². The van der Waals surface area contributed by atoms with Crippen molar-refractivity contribution in [2.75, 3.05) is 0 Å². The molecule has 0 aliphatic rings. The van der Waals surface area contributed by atoms with Crippen LogP contribution in [-0.2, 0) is 4.79 Å². The maximum atomic E-state index is 11.2. The van der Waals surface area contributed by atoms with Gasteiger partial charge < -0.3 is 0 Å². The Hall–Kier alpha value is -1.75. The maximum Gasteiger partial charge on any atom is 0.267 e. The van der Waals surface area contributed by atoms with Gasteiger partial charge in [0.15, 0.2) is 0 Å². The molecule has 0 spiro atoms. The second-order valence-electron chi connectivity index (χ2n) is 1.79. The quantitative estimate of drug-likeness (QED) is 0.341. The zero-order chi connectivity index (χ0) is 11.6. The highest BCUT2D eigenvalue weighted by molar-refractivity contribution is 6.00. The minimum Gasteiger partial charge on any atom is -0.290 e. The topological polar surface area (TPSA) is 85.1 Å². The number of nitrogens with two attached hydrogens (primary N) is 1. The standard InChI is InChI=1S/C7H6N3O2/c8-10-7(12)6-3-9-2-1-5(6)4-11/h1-3H,8H2,(H,10,12)/i1D,2D,3D. The van der Waals surface area contributed by atoms with Crippen LogP contribution in [0.25, 0.3) is 0 Å². The Morgan fingerprint density at radius 1 is 1.83 bits per heavy atom. The number of nitrogen functional groups attached to an aromatic ring is 1. The molecule has 0 aliphatic heterocycles. The summed E-state index contributed by atoms with van der Waals surface area (Å²) in [5.74, 6) is 3.92. The number of hydrogen-bond donors (Lipinski definition) is 2. The van der Waals surface area contributed by atoms with Crippen molar-refractivity contribution in [1.29, 1.82) is 0 Å². The summed E-state index contributed by atoms with van der Waals surface area (Å²) < 4.78 is 21.7. The number of aromatic nitrogens is 1. The highest BCUT2D eigenvalue weighted by Crippen LogP contribution is 2.02. The smallest absolute Gasteiger partial charge is 0.267 e. The van der Waals surface area contributed by atoms with E-state index in [4.69, 9.17) is 9.95 Å². The van der Waals surface area contributed by atoms with Gasteiger partial charge in [-0.2, -0.15) is 0 Å². The lowest BCUT2D eigenvalue weighted by molar-refractivity contribution is 0.0953. The Kier molecular flexibility index (Phi) is 1.49. The number of carbonyl (C=O) groups excluding carboxylic acids is 2. The number of amides is 1. The van der Waals surface area contributed by atoms with Crippen molar-refractivity contribution in [3.8, 4) is 0 Å². The molecule has 1 aromatic rings. The Labute approximate surface area is 72.8 Å². The second kappa shape index (κ2) is 3.59. The van der Waals surface area contributed by atoms with Crippen molar-refractivity contribution >= 4 is 12.2 Å². The largest absolute Gasteiger partial charge is 0.290 e. The van der Waals surface area contributed by atoms with Crippen LogP contribution in [0.5, 0.6) is 0 Å². The molecule has 1 amide bonds. The van der Waals surface area contributed by atoms with Crippen LogP contribution in [0.1, 0.15) is 20.0 Å². The van der Waals surface area contributed by atoms with Crippen LogP contribution in [-0.4, -0.2) is 17.2 Å². The lowest BCUT2D eigenvalue weighted by atomic mass is 10.1. The second-order valence-corrected chi connectivity index (χ2v) is 1.79. The van der Waals surface area contributed by atoms with E-state index in [2.05, 4.69) is 4.98 Å². The molecular formula is C7H6N3O2. The monoisotopic (exact) mass is 167 g/mol. The van der Waals surface area contributed by atoms with E-state index in [9.17, 15) is 9.59 Å². The zero-order valence-electron chi connectivity index (χ0n) is 8.84. The van der Waals surface area contributed by atoms with E-state index >= 15 is 0 Å². The fourth-order valence-electron chi connectivity index (χ4n) is 0.599. The average Bonchev–Trinajstić information content (AvgIpc) is 2.21. The van der Waals surface area contributed by atoms with Crippen molar-refractivity contribution in [3.63, 3.8) is 0 Å². The summed E-state index contributed by atoms with van der Waals surface area (Å²) in [6.45, 7) is 0. The van der Waals surface area contributed by atoms with Gasteiger partial charge in [0.2, 0.25) is 6.29 Å². The summed E-state index contributed by atoms with van der Waals surface area (Å²) in [5, 5.41) is 0. The minimum absolute atomic E-state index is 0.450. The van der Waals surface area contributed by atoms with Crippen molar-refractivity contribution in [2.45, 2.75) is 0 Å². The van der Waals surface area contributed by atoms with Gasteiger partial charge in [0, 0.05) is 17.9 Å². The molecule has 5 heteroatoms. The molecule has 0 bridgehead atoms. The van der Waals surface area contributed by atoms with Gasteiger partial charge >= 0.3 is 0 Å². The Morgan fingerprint density at radius 3 is 3.17 bits per heavy atom. The Balaban J connectivity index is 3.56. The van der Waals surface area contributed by atoms with E-state index in [1.165, 1.54) is 6.29 Å². The summed E-state index contributed by atoms with van der Waals surface area (Å²) in [7, 11) is 0. The van der Waals surface area contributed by atoms with Crippen LogP contribution in [0.4, 0.5) is 0 Å². The molecule has 0 fully saturated rings. The third kappa shape index (κ3) is 1.46. The van der Waals surface area contributed by atoms with Gasteiger partial charge in [0.25, 0.3) is 5.91 Å². The number of rotatable bonds is 2. The molecule has 1 heterocycles. The van der Waals surface area contributed by atoms with Gasteiger partial charge in [-0.3, -0.25) is 20.0 Å². The molecule has 3 N–H and O–H groups in total. The first-order chi connectivity index (χ1) is 7.02. The summed E-state index contributed by atoms with van der Waals surface area (Å²) in [6, 6.07) is -0.556. The van der Waals surface area contributed by atoms with Crippen LogP contribution in [0.15, 0.2) is 18.4 Å². The molecule has 1 rings (SSSR count). The van der Waals surface area contributed by atoms with Gasteiger partial charge in [-0.1, -0.05) is 0 Å². The molecule has 0 aromatic carbocycles. The van der Waals surface area contributed by atoms with E-state index in [-0.39, 0.29) is 0 Å². The third-order valence-corrected chi connectivity index (χ3v) is 1.11. The van der Waals surface area contributed by atoms with Crippen molar-refractivity contribution in [3.05, 3.63) is 29.5 Å². The highest BCUT2D eigenvalue weighted by Gasteiger charge is 2.08. The molecule has 0 saturated heterocycles. The zero-order valence-corrected chi connectivity index (χ0v) is 5.84. The molecular weight excluding hydrogens is 158 g/mol. The minimum atomic E-state index is -0.917. The van der Waals surface area contributed by atoms with E-state index in [0.29, 0.717) is 0 Å². The molecule has 1 radical (unpaired) electrons. The fraction of sp³-hybridized carbons (Fsp3) is 0. The number of nitrogens with one attached hydrogen (secondary N) is 1. The molecule has 12 heavy (non-hydrogen) atoms. The maximum absolute atomic E-state index is 11.2. The molecule has 61 valence electrons. The molecule has 5 nitrogen and oxygen atoms in total. The third-order valence-electron chi connectivity index (χ3n) is 1.11. The summed E-state index contributed by atoms with van der Waals surface area (Å²) >= 11 is 0. The summed E-state index contributed by atoms with van der Waals surface area (Å²) in [6.07, 6.45) is 0.178. The number of pyridine rings is 1. The molecule has 0 saturated carbocycles. The lowest BCUT2D eigenvalue weighted by Crippen LogP contribution is -2.30. The van der Waals surface area contributed by atoms with Crippen LogP contribution >= 0.6 is 0 Å². The van der Waals surface area contributed by atoms with Crippen LogP contribution in [0.2, 0.25) is 0 Å².